The van der Waals surface area contributed by atoms with Gasteiger partial charge in [-0.05, 0) is 30.9 Å². The molecule has 2 aliphatic rings. The lowest BCUT2D eigenvalue weighted by Crippen LogP contribution is -2.53. The number of likely N-dealkylation sites (tertiary alicyclic amines) is 1. The van der Waals surface area contributed by atoms with Crippen LogP contribution in [-0.4, -0.2) is 103 Å². The second-order valence-corrected chi connectivity index (χ2v) is 8.85. The minimum absolute atomic E-state index is 0.0101. The van der Waals surface area contributed by atoms with E-state index < -0.39 is 0 Å². The lowest BCUT2D eigenvalue weighted by molar-refractivity contribution is -0.136. The van der Waals surface area contributed by atoms with Gasteiger partial charge in [0.15, 0.2) is 0 Å². The number of carbonyl (C=O) groups excluding carboxylic acids is 3. The van der Waals surface area contributed by atoms with E-state index in [1.54, 1.807) is 6.92 Å². The molecule has 3 amide bonds. The molecule has 0 saturated carbocycles. The Kier molecular flexibility index (Phi) is 8.64. The number of anilines is 1. The van der Waals surface area contributed by atoms with Crippen LogP contribution < -0.4 is 5.32 Å². The van der Waals surface area contributed by atoms with Crippen LogP contribution in [-0.2, 0) is 20.8 Å². The molecule has 1 aromatic carbocycles. The highest BCUT2D eigenvalue weighted by atomic mass is 16.2. The Labute approximate surface area is 191 Å². The fourth-order valence-corrected chi connectivity index (χ4v) is 4.51. The number of benzene rings is 1. The molecule has 2 heterocycles. The largest absolute Gasteiger partial charge is 0.343 e. The molecule has 1 aromatic rings. The summed E-state index contributed by atoms with van der Waals surface area (Å²) >= 11 is 0. The van der Waals surface area contributed by atoms with E-state index in [1.807, 2.05) is 41.1 Å². The summed E-state index contributed by atoms with van der Waals surface area (Å²) in [6.45, 7) is 8.86. The van der Waals surface area contributed by atoms with Crippen molar-refractivity contribution in [2.24, 2.45) is 0 Å². The number of nitrogens with one attached hydrogen (secondary N) is 1. The van der Waals surface area contributed by atoms with Gasteiger partial charge >= 0.3 is 0 Å². The number of piperidine rings is 1. The number of nitrogens with zero attached hydrogens (tertiary/aromatic N) is 4. The first-order chi connectivity index (χ1) is 15.4. The molecule has 0 radical (unpaired) electrons. The van der Waals surface area contributed by atoms with Crippen LogP contribution in [0.25, 0.3) is 0 Å². The number of hydrogen-bond acceptors (Lipinski definition) is 5. The van der Waals surface area contributed by atoms with Crippen LogP contribution in [0, 0.1) is 0 Å². The first-order valence-electron chi connectivity index (χ1n) is 11.7. The number of aryl methyl sites for hydroxylation is 1. The molecule has 2 aliphatic heterocycles. The van der Waals surface area contributed by atoms with Gasteiger partial charge in [-0.1, -0.05) is 25.1 Å². The van der Waals surface area contributed by atoms with Crippen LogP contribution in [0.2, 0.25) is 0 Å². The van der Waals surface area contributed by atoms with E-state index in [-0.39, 0.29) is 23.8 Å². The third-order valence-corrected chi connectivity index (χ3v) is 6.72. The first-order valence-corrected chi connectivity index (χ1v) is 11.7. The van der Waals surface area contributed by atoms with Crippen molar-refractivity contribution in [2.45, 2.75) is 39.2 Å². The van der Waals surface area contributed by atoms with Crippen molar-refractivity contribution < 1.29 is 14.4 Å². The summed E-state index contributed by atoms with van der Waals surface area (Å²) < 4.78 is 0. The Balaban J connectivity index is 1.37. The molecule has 0 atom stereocenters. The predicted molar refractivity (Wildman–Crippen MR) is 125 cm³/mol. The summed E-state index contributed by atoms with van der Waals surface area (Å²) in [4.78, 5) is 44.8. The molecular weight excluding hydrogens is 406 g/mol. The van der Waals surface area contributed by atoms with Gasteiger partial charge in [0, 0.05) is 65.0 Å². The summed E-state index contributed by atoms with van der Waals surface area (Å²) in [6, 6.07) is 8.16. The topological polar surface area (TPSA) is 76.2 Å². The van der Waals surface area contributed by atoms with Gasteiger partial charge in [0.25, 0.3) is 0 Å². The van der Waals surface area contributed by atoms with Crippen LogP contribution in [0.3, 0.4) is 0 Å². The zero-order chi connectivity index (χ0) is 23.1. The standard InChI is InChI=1S/C24H37N5O3/c1-4-20-7-5-6-8-22(20)25-23(31)17-28-13-15-29(16-14-28)24(32)18-27-11-9-21(10-12-27)26(3)19(2)30/h5-8,21H,4,9-18H2,1-3H3,(H,25,31). The zero-order valence-corrected chi connectivity index (χ0v) is 19.7. The molecule has 176 valence electrons. The summed E-state index contributed by atoms with van der Waals surface area (Å²) in [5, 5.41) is 3.02. The Morgan fingerprint density at radius 3 is 2.22 bits per heavy atom. The van der Waals surface area contributed by atoms with Gasteiger partial charge in [0.2, 0.25) is 17.7 Å². The molecule has 1 N–H and O–H groups in total. The highest BCUT2D eigenvalue weighted by Crippen LogP contribution is 2.17. The van der Waals surface area contributed by atoms with Crippen LogP contribution in [0.4, 0.5) is 5.69 Å². The minimum Gasteiger partial charge on any atom is -0.343 e. The van der Waals surface area contributed by atoms with Gasteiger partial charge in [-0.15, -0.1) is 0 Å². The van der Waals surface area contributed by atoms with Gasteiger partial charge < -0.3 is 15.1 Å². The Morgan fingerprint density at radius 2 is 1.59 bits per heavy atom. The first kappa shape index (κ1) is 24.2. The maximum atomic E-state index is 12.8. The average Bonchev–Trinajstić information content (AvgIpc) is 2.79. The summed E-state index contributed by atoms with van der Waals surface area (Å²) in [5.41, 5.74) is 2.01. The molecule has 2 saturated heterocycles. The number of hydrogen-bond donors (Lipinski definition) is 1. The molecular formula is C24H37N5O3. The second-order valence-electron chi connectivity index (χ2n) is 8.85. The van der Waals surface area contributed by atoms with Crippen LogP contribution >= 0.6 is 0 Å². The van der Waals surface area contributed by atoms with E-state index in [9.17, 15) is 14.4 Å². The normalized spacial score (nSPS) is 18.4. The lowest BCUT2D eigenvalue weighted by Gasteiger charge is -2.38. The summed E-state index contributed by atoms with van der Waals surface area (Å²) in [6.07, 6.45) is 2.70. The maximum absolute atomic E-state index is 12.8. The van der Waals surface area contributed by atoms with E-state index in [4.69, 9.17) is 0 Å². The van der Waals surface area contributed by atoms with Crippen LogP contribution in [0.1, 0.15) is 32.3 Å². The van der Waals surface area contributed by atoms with E-state index in [1.165, 1.54) is 0 Å². The monoisotopic (exact) mass is 443 g/mol. The van der Waals surface area contributed by atoms with E-state index in [0.29, 0.717) is 39.3 Å². The van der Waals surface area contributed by atoms with Gasteiger partial charge in [-0.2, -0.15) is 0 Å². The van der Waals surface area contributed by atoms with Gasteiger partial charge in [0.05, 0.1) is 13.1 Å². The minimum atomic E-state index is -0.0101. The van der Waals surface area contributed by atoms with Crippen LogP contribution in [0.15, 0.2) is 24.3 Å². The molecule has 0 spiro atoms. The molecule has 8 heteroatoms. The summed E-state index contributed by atoms with van der Waals surface area (Å²) in [5.74, 6) is 0.245. The Hall–Kier alpha value is -2.45. The fourth-order valence-electron chi connectivity index (χ4n) is 4.51. The molecule has 0 bridgehead atoms. The number of para-hydroxylation sites is 1. The van der Waals surface area contributed by atoms with E-state index >= 15 is 0 Å². The Bertz CT molecular complexity index is 799. The lowest BCUT2D eigenvalue weighted by atomic mass is 10.0. The van der Waals surface area contributed by atoms with Gasteiger partial charge in [0.1, 0.15) is 0 Å². The van der Waals surface area contributed by atoms with Crippen LogP contribution in [0.5, 0.6) is 0 Å². The number of piperazine rings is 1. The SMILES string of the molecule is CCc1ccccc1NC(=O)CN1CCN(C(=O)CN2CCC(N(C)C(C)=O)CC2)CC1. The second kappa shape index (κ2) is 11.4. The highest BCUT2D eigenvalue weighted by molar-refractivity contribution is 5.93. The van der Waals surface area contributed by atoms with E-state index in [2.05, 4.69) is 22.0 Å². The van der Waals surface area contributed by atoms with Crippen molar-refractivity contribution >= 4 is 23.4 Å². The molecule has 8 nitrogen and oxygen atoms in total. The quantitative estimate of drug-likeness (QED) is 0.687. The maximum Gasteiger partial charge on any atom is 0.238 e. The highest BCUT2D eigenvalue weighted by Gasteiger charge is 2.27. The molecule has 0 aliphatic carbocycles. The van der Waals surface area contributed by atoms with Crippen molar-refractivity contribution in [1.29, 1.82) is 0 Å². The number of carbonyl (C=O) groups is 3. The molecule has 2 fully saturated rings. The van der Waals surface area contributed by atoms with Crippen molar-refractivity contribution in [3.05, 3.63) is 29.8 Å². The number of amides is 3. The third kappa shape index (κ3) is 6.53. The van der Waals surface area contributed by atoms with Crippen molar-refractivity contribution in [3.8, 4) is 0 Å². The zero-order valence-electron chi connectivity index (χ0n) is 19.7. The average molecular weight is 444 g/mol. The fraction of sp³-hybridized carbons (Fsp3) is 0.625. The van der Waals surface area contributed by atoms with Crippen molar-refractivity contribution in [2.75, 3.05) is 64.7 Å². The molecule has 32 heavy (non-hydrogen) atoms. The number of rotatable bonds is 7. The van der Waals surface area contributed by atoms with E-state index in [0.717, 1.165) is 43.6 Å². The molecule has 0 aromatic heterocycles. The molecule has 3 rings (SSSR count). The summed E-state index contributed by atoms with van der Waals surface area (Å²) in [7, 11) is 1.86. The van der Waals surface area contributed by atoms with Gasteiger partial charge in [-0.3, -0.25) is 24.2 Å². The van der Waals surface area contributed by atoms with Crippen molar-refractivity contribution in [3.63, 3.8) is 0 Å². The smallest absolute Gasteiger partial charge is 0.238 e. The molecule has 0 unspecified atom stereocenters. The third-order valence-electron chi connectivity index (χ3n) is 6.72. The van der Waals surface area contributed by atoms with Crippen molar-refractivity contribution in [1.82, 2.24) is 19.6 Å². The van der Waals surface area contributed by atoms with Gasteiger partial charge in [-0.25, -0.2) is 0 Å². The Morgan fingerprint density at radius 1 is 0.969 bits per heavy atom. The predicted octanol–water partition coefficient (Wildman–Crippen LogP) is 1.27.